The molecule has 10 heteroatoms. The van der Waals surface area contributed by atoms with E-state index in [-0.39, 0.29) is 17.7 Å². The second-order valence-corrected chi connectivity index (χ2v) is 11.1. The minimum Gasteiger partial charge on any atom is -0.491 e. The molecule has 0 amide bonds. The van der Waals surface area contributed by atoms with Crippen molar-refractivity contribution in [2.45, 2.75) is 45.7 Å². The van der Waals surface area contributed by atoms with Crippen molar-refractivity contribution in [3.05, 3.63) is 73.4 Å². The fourth-order valence-electron chi connectivity index (χ4n) is 5.09. The number of nitrogens with zero attached hydrogens (tertiary/aromatic N) is 4. The van der Waals surface area contributed by atoms with Crippen LogP contribution in [0.4, 0.5) is 0 Å². The number of aryl methyl sites for hydroxylation is 3. The van der Waals surface area contributed by atoms with Crippen LogP contribution >= 0.6 is 22.9 Å². The van der Waals surface area contributed by atoms with Crippen LogP contribution in [-0.2, 0) is 19.4 Å². The van der Waals surface area contributed by atoms with E-state index in [1.807, 2.05) is 40.1 Å². The predicted molar refractivity (Wildman–Crippen MR) is 150 cm³/mol. The van der Waals surface area contributed by atoms with Crippen LogP contribution in [0, 0.1) is 13.8 Å². The Morgan fingerprint density at radius 2 is 2.03 bits per heavy atom. The summed E-state index contributed by atoms with van der Waals surface area (Å²) in [7, 11) is 4.09. The molecule has 1 atom stereocenters. The molecule has 0 saturated carbocycles. The summed E-state index contributed by atoms with van der Waals surface area (Å²) in [5, 5.41) is 11.7. The number of halogens is 1. The van der Waals surface area contributed by atoms with Crippen molar-refractivity contribution >= 4 is 39.1 Å². The number of carboxylic acids is 1. The summed E-state index contributed by atoms with van der Waals surface area (Å²) in [6.45, 7) is 4.30. The molecule has 0 radical (unpaired) electrons. The molecule has 4 aromatic rings. The Morgan fingerprint density at radius 3 is 2.76 bits per heavy atom. The van der Waals surface area contributed by atoms with E-state index in [0.29, 0.717) is 46.8 Å². The number of likely N-dealkylation sites (N-methyl/N-ethyl adjacent to an activating group) is 1. The van der Waals surface area contributed by atoms with Gasteiger partial charge in [-0.2, -0.15) is 0 Å². The quantitative estimate of drug-likeness (QED) is 0.345. The molecule has 3 heterocycles. The van der Waals surface area contributed by atoms with E-state index in [1.165, 1.54) is 11.3 Å². The van der Waals surface area contributed by atoms with E-state index in [9.17, 15) is 14.7 Å². The van der Waals surface area contributed by atoms with Crippen molar-refractivity contribution in [1.29, 1.82) is 0 Å². The molecule has 198 valence electrons. The van der Waals surface area contributed by atoms with E-state index < -0.39 is 5.97 Å². The number of hydrogen-bond acceptors (Lipinski definition) is 7. The molecule has 0 spiro atoms. The second-order valence-electron chi connectivity index (χ2n) is 9.83. The van der Waals surface area contributed by atoms with E-state index >= 15 is 0 Å². The van der Waals surface area contributed by atoms with Crippen molar-refractivity contribution in [2.75, 3.05) is 20.7 Å². The van der Waals surface area contributed by atoms with E-state index in [4.69, 9.17) is 21.3 Å². The minimum absolute atomic E-state index is 0.00484. The minimum atomic E-state index is -1.01. The fourth-order valence-corrected chi connectivity index (χ4v) is 6.27. The number of thiophene rings is 1. The molecule has 1 N–H and O–H groups in total. The largest absolute Gasteiger partial charge is 0.491 e. The molecule has 8 nitrogen and oxygen atoms in total. The van der Waals surface area contributed by atoms with Crippen LogP contribution < -0.4 is 10.3 Å². The Hall–Kier alpha value is -3.27. The molecule has 0 fully saturated rings. The number of rotatable bonds is 7. The standard InChI is InChI=1S/C28H29ClN4O4S/c1-15-11-20(26-25(30-15)22(14-38-26)28(35)36)19-12-17(29)5-8-24(19)37-10-9-33-16(2)31-23-7-6-18(32(3)4)13-21(23)27(33)34/h5,8,11-12,14,18H,6-7,9-10,13H2,1-4H3,(H,35,36)/t18-/m1/s1. The maximum absolute atomic E-state index is 13.4. The van der Waals surface area contributed by atoms with Gasteiger partial charge in [-0.25, -0.2) is 9.78 Å². The molecule has 0 saturated heterocycles. The van der Waals surface area contributed by atoms with Crippen molar-refractivity contribution in [1.82, 2.24) is 19.4 Å². The van der Waals surface area contributed by atoms with Gasteiger partial charge in [-0.1, -0.05) is 11.6 Å². The van der Waals surface area contributed by atoms with Crippen molar-refractivity contribution < 1.29 is 14.6 Å². The summed E-state index contributed by atoms with van der Waals surface area (Å²) in [5.74, 6) is 0.262. The van der Waals surface area contributed by atoms with Gasteiger partial charge in [0, 0.05) is 38.8 Å². The zero-order valence-electron chi connectivity index (χ0n) is 21.7. The first-order valence-corrected chi connectivity index (χ1v) is 13.7. The highest BCUT2D eigenvalue weighted by atomic mass is 35.5. The van der Waals surface area contributed by atoms with Gasteiger partial charge in [-0.05, 0) is 71.5 Å². The van der Waals surface area contributed by atoms with Crippen LogP contribution in [0.25, 0.3) is 21.3 Å². The maximum atomic E-state index is 13.4. The van der Waals surface area contributed by atoms with Gasteiger partial charge < -0.3 is 14.7 Å². The fraction of sp³-hybridized carbons (Fsp3) is 0.357. The van der Waals surface area contributed by atoms with E-state index in [2.05, 4.69) is 9.88 Å². The third kappa shape index (κ3) is 4.93. The molecule has 1 aromatic carbocycles. The van der Waals surface area contributed by atoms with Gasteiger partial charge in [0.2, 0.25) is 0 Å². The van der Waals surface area contributed by atoms with Gasteiger partial charge >= 0.3 is 5.97 Å². The van der Waals surface area contributed by atoms with Gasteiger partial charge in [0.1, 0.15) is 18.2 Å². The molecule has 0 aliphatic heterocycles. The Bertz CT molecular complexity index is 1610. The number of ether oxygens (including phenoxy) is 1. The average Bonchev–Trinajstić information content (AvgIpc) is 3.30. The number of fused-ring (bicyclic) bond motifs is 2. The lowest BCUT2D eigenvalue weighted by Crippen LogP contribution is -2.39. The lowest BCUT2D eigenvalue weighted by atomic mass is 9.92. The van der Waals surface area contributed by atoms with Gasteiger partial charge in [-0.3, -0.25) is 14.3 Å². The van der Waals surface area contributed by atoms with Crippen LogP contribution in [0.3, 0.4) is 0 Å². The normalized spacial score (nSPS) is 15.2. The van der Waals surface area contributed by atoms with Crippen molar-refractivity contribution in [2.24, 2.45) is 0 Å². The first-order chi connectivity index (χ1) is 18.1. The summed E-state index contributed by atoms with van der Waals surface area (Å²) in [6, 6.07) is 7.60. The highest BCUT2D eigenvalue weighted by Gasteiger charge is 2.25. The summed E-state index contributed by atoms with van der Waals surface area (Å²) >= 11 is 7.69. The molecule has 5 rings (SSSR count). The van der Waals surface area contributed by atoms with Crippen LogP contribution in [0.1, 0.15) is 39.6 Å². The molecule has 0 unspecified atom stereocenters. The van der Waals surface area contributed by atoms with Crippen LogP contribution in [0.15, 0.2) is 34.4 Å². The van der Waals surface area contributed by atoms with E-state index in [0.717, 1.165) is 39.9 Å². The van der Waals surface area contributed by atoms with Crippen molar-refractivity contribution in [3.8, 4) is 16.9 Å². The van der Waals surface area contributed by atoms with E-state index in [1.54, 1.807) is 22.1 Å². The first kappa shape index (κ1) is 26.3. The predicted octanol–water partition coefficient (Wildman–Crippen LogP) is 4.99. The number of aromatic nitrogens is 3. The lowest BCUT2D eigenvalue weighted by Gasteiger charge is -2.29. The molecule has 1 aliphatic rings. The SMILES string of the molecule is Cc1cc(-c2cc(Cl)ccc2OCCn2c(C)nc3c(c2=O)C[C@H](N(C)C)CC3)c2scc(C(=O)O)c2n1. The van der Waals surface area contributed by atoms with Gasteiger partial charge in [0.25, 0.3) is 5.56 Å². The molecular formula is C28H29ClN4O4S. The summed E-state index contributed by atoms with van der Waals surface area (Å²) in [6.07, 6.45) is 2.51. The third-order valence-electron chi connectivity index (χ3n) is 7.11. The second kappa shape index (κ2) is 10.5. The summed E-state index contributed by atoms with van der Waals surface area (Å²) < 4.78 is 8.67. The average molecular weight is 553 g/mol. The molecule has 3 aromatic heterocycles. The Morgan fingerprint density at radius 1 is 1.24 bits per heavy atom. The Kier molecular flexibility index (Phi) is 7.26. The van der Waals surface area contributed by atoms with Gasteiger partial charge in [0.05, 0.1) is 28.0 Å². The Labute approximate surface area is 229 Å². The summed E-state index contributed by atoms with van der Waals surface area (Å²) in [5.41, 5.74) is 4.58. The molecule has 1 aliphatic carbocycles. The highest BCUT2D eigenvalue weighted by molar-refractivity contribution is 7.18. The number of benzene rings is 1. The van der Waals surface area contributed by atoms with Crippen LogP contribution in [-0.4, -0.2) is 57.3 Å². The summed E-state index contributed by atoms with van der Waals surface area (Å²) in [4.78, 5) is 36.5. The number of aromatic carboxylic acids is 1. The number of hydrogen-bond donors (Lipinski definition) is 1. The maximum Gasteiger partial charge on any atom is 0.338 e. The smallest absolute Gasteiger partial charge is 0.338 e. The number of carboxylic acid groups (broad SMARTS) is 1. The zero-order valence-corrected chi connectivity index (χ0v) is 23.3. The van der Waals surface area contributed by atoms with Crippen molar-refractivity contribution in [3.63, 3.8) is 0 Å². The van der Waals surface area contributed by atoms with Crippen LogP contribution in [0.2, 0.25) is 5.02 Å². The van der Waals surface area contributed by atoms with Gasteiger partial charge in [0.15, 0.2) is 0 Å². The molecule has 0 bridgehead atoms. The number of pyridine rings is 1. The third-order valence-corrected chi connectivity index (χ3v) is 8.35. The van der Waals surface area contributed by atoms with Gasteiger partial charge in [-0.15, -0.1) is 11.3 Å². The Balaban J connectivity index is 1.45. The molecule has 38 heavy (non-hydrogen) atoms. The first-order valence-electron chi connectivity index (χ1n) is 12.4. The molecular weight excluding hydrogens is 524 g/mol. The highest BCUT2D eigenvalue weighted by Crippen LogP contribution is 2.40. The topological polar surface area (TPSA) is 97.6 Å². The zero-order chi connectivity index (χ0) is 27.1. The monoisotopic (exact) mass is 552 g/mol. The van der Waals surface area contributed by atoms with Crippen LogP contribution in [0.5, 0.6) is 5.75 Å². The lowest BCUT2D eigenvalue weighted by molar-refractivity contribution is 0.0699. The number of carbonyl (C=O) groups is 1.